The average molecular weight is 257 g/mol. The van der Waals surface area contributed by atoms with Crippen LogP contribution in [0.5, 0.6) is 0 Å². The molecule has 0 radical (unpaired) electrons. The molecular formula is C9H6ClFN4O2. The minimum absolute atomic E-state index is 0.00826. The number of aliphatic imine (C=N–C) groups is 1. The van der Waals surface area contributed by atoms with Crippen molar-refractivity contribution in [1.29, 1.82) is 0 Å². The summed E-state index contributed by atoms with van der Waals surface area (Å²) in [7, 11) is 0. The molecule has 0 aliphatic carbocycles. The zero-order valence-corrected chi connectivity index (χ0v) is 9.02. The normalized spacial score (nSPS) is 11.6. The molecule has 0 saturated carbocycles. The van der Waals surface area contributed by atoms with Gasteiger partial charge in [0, 0.05) is 0 Å². The van der Waals surface area contributed by atoms with E-state index in [1.54, 1.807) is 0 Å². The number of amidine groups is 1. The molecule has 1 aromatic heterocycles. The molecule has 1 heterocycles. The zero-order chi connectivity index (χ0) is 12.3. The molecule has 0 aliphatic heterocycles. The lowest BCUT2D eigenvalue weighted by molar-refractivity contribution is 0.234. The summed E-state index contributed by atoms with van der Waals surface area (Å²) >= 11 is 5.59. The molecule has 0 spiro atoms. The molecule has 0 bridgehead atoms. The first-order valence-corrected chi connectivity index (χ1v) is 4.80. The first-order chi connectivity index (χ1) is 8.20. The van der Waals surface area contributed by atoms with E-state index >= 15 is 0 Å². The third-order valence-corrected chi connectivity index (χ3v) is 2.14. The standard InChI is InChI=1S/C9H6ClFN4O2/c10-6-3-5(1-2-7(6)11)13-9(14-16)8-4-12-17-15-8/h1-4,16H,(H,13,14). The summed E-state index contributed by atoms with van der Waals surface area (Å²) in [4.78, 5) is 3.96. The van der Waals surface area contributed by atoms with E-state index in [0.29, 0.717) is 5.69 Å². The highest BCUT2D eigenvalue weighted by Crippen LogP contribution is 2.21. The molecule has 0 aliphatic rings. The first kappa shape index (κ1) is 11.5. The third-order valence-electron chi connectivity index (χ3n) is 1.85. The van der Waals surface area contributed by atoms with Crippen LogP contribution in [0.4, 0.5) is 10.1 Å². The van der Waals surface area contributed by atoms with Crippen LogP contribution in [0.1, 0.15) is 5.69 Å². The van der Waals surface area contributed by atoms with Crippen LogP contribution < -0.4 is 5.48 Å². The molecule has 0 saturated heterocycles. The van der Waals surface area contributed by atoms with Gasteiger partial charge in [0.1, 0.15) is 12.0 Å². The highest BCUT2D eigenvalue weighted by atomic mass is 35.5. The Hall–Kier alpha value is -1.99. The van der Waals surface area contributed by atoms with Gasteiger partial charge >= 0.3 is 0 Å². The second kappa shape index (κ2) is 4.89. The van der Waals surface area contributed by atoms with Crippen molar-refractivity contribution >= 4 is 23.1 Å². The van der Waals surface area contributed by atoms with Crippen LogP contribution >= 0.6 is 11.6 Å². The van der Waals surface area contributed by atoms with E-state index in [4.69, 9.17) is 16.8 Å². The van der Waals surface area contributed by atoms with Crippen molar-refractivity contribution < 1.29 is 14.2 Å². The SMILES string of the molecule is ONC(=Nc1ccc(F)c(Cl)c1)c1cnon1. The average Bonchev–Trinajstić information content (AvgIpc) is 2.84. The Morgan fingerprint density at radius 3 is 2.94 bits per heavy atom. The molecule has 88 valence electrons. The van der Waals surface area contributed by atoms with Gasteiger partial charge in [-0.15, -0.1) is 0 Å². The van der Waals surface area contributed by atoms with Crippen molar-refractivity contribution in [1.82, 2.24) is 15.8 Å². The molecule has 1 aromatic carbocycles. The van der Waals surface area contributed by atoms with Crippen LogP contribution in [0.3, 0.4) is 0 Å². The summed E-state index contributed by atoms with van der Waals surface area (Å²) in [5, 5.41) is 15.7. The quantitative estimate of drug-likeness (QED) is 0.487. The fourth-order valence-electron chi connectivity index (χ4n) is 1.09. The Labute approximate surface area is 99.7 Å². The maximum Gasteiger partial charge on any atom is 0.181 e. The van der Waals surface area contributed by atoms with Gasteiger partial charge in [0.15, 0.2) is 11.5 Å². The van der Waals surface area contributed by atoms with Crippen LogP contribution in [0.25, 0.3) is 0 Å². The number of rotatable bonds is 2. The van der Waals surface area contributed by atoms with Gasteiger partial charge in [-0.3, -0.25) is 10.7 Å². The van der Waals surface area contributed by atoms with Crippen LogP contribution in [-0.2, 0) is 0 Å². The summed E-state index contributed by atoms with van der Waals surface area (Å²) in [6, 6.07) is 3.87. The summed E-state index contributed by atoms with van der Waals surface area (Å²) < 4.78 is 17.3. The predicted octanol–water partition coefficient (Wildman–Crippen LogP) is 1.92. The molecule has 2 N–H and O–H groups in total. The fraction of sp³-hybridized carbons (Fsp3) is 0. The van der Waals surface area contributed by atoms with Gasteiger partial charge in [-0.1, -0.05) is 16.8 Å². The van der Waals surface area contributed by atoms with Crippen molar-refractivity contribution in [3.8, 4) is 0 Å². The lowest BCUT2D eigenvalue weighted by Gasteiger charge is -2.01. The van der Waals surface area contributed by atoms with Crippen LogP contribution in [0.15, 0.2) is 34.0 Å². The molecule has 0 fully saturated rings. The van der Waals surface area contributed by atoms with Gasteiger partial charge in [0.05, 0.1) is 10.7 Å². The minimum atomic E-state index is -0.549. The van der Waals surface area contributed by atoms with Crippen molar-refractivity contribution in [3.63, 3.8) is 0 Å². The second-order valence-electron chi connectivity index (χ2n) is 2.96. The minimum Gasteiger partial charge on any atom is -0.290 e. The topological polar surface area (TPSA) is 83.5 Å². The predicted molar refractivity (Wildman–Crippen MR) is 56.8 cm³/mol. The number of aromatic nitrogens is 2. The third kappa shape index (κ3) is 2.58. The number of hydroxylamine groups is 1. The van der Waals surface area contributed by atoms with Crippen molar-refractivity contribution in [2.45, 2.75) is 0 Å². The Morgan fingerprint density at radius 1 is 1.53 bits per heavy atom. The lowest BCUT2D eigenvalue weighted by atomic mass is 10.3. The summed E-state index contributed by atoms with van der Waals surface area (Å²) in [5.74, 6) is -0.541. The van der Waals surface area contributed by atoms with Gasteiger partial charge in [-0.05, 0) is 23.4 Å². The number of halogens is 2. The Kier molecular flexibility index (Phi) is 3.31. The summed E-state index contributed by atoms with van der Waals surface area (Å²) in [6.07, 6.45) is 1.26. The van der Waals surface area contributed by atoms with Crippen molar-refractivity contribution in [2.75, 3.05) is 0 Å². The van der Waals surface area contributed by atoms with E-state index in [0.717, 1.165) is 6.07 Å². The maximum absolute atomic E-state index is 12.9. The highest BCUT2D eigenvalue weighted by Gasteiger charge is 2.08. The molecule has 0 unspecified atom stereocenters. The van der Waals surface area contributed by atoms with E-state index in [2.05, 4.69) is 19.9 Å². The molecule has 17 heavy (non-hydrogen) atoms. The molecule has 0 atom stereocenters. The molecule has 2 aromatic rings. The maximum atomic E-state index is 12.9. The number of hydrogen-bond donors (Lipinski definition) is 2. The number of nitrogens with zero attached hydrogens (tertiary/aromatic N) is 3. The molecule has 8 heteroatoms. The number of nitrogens with one attached hydrogen (secondary N) is 1. The van der Waals surface area contributed by atoms with Crippen LogP contribution in [0.2, 0.25) is 5.02 Å². The van der Waals surface area contributed by atoms with Gasteiger partial charge in [-0.25, -0.2) is 14.0 Å². The molecular weight excluding hydrogens is 251 g/mol. The van der Waals surface area contributed by atoms with E-state index in [1.807, 2.05) is 5.48 Å². The van der Waals surface area contributed by atoms with E-state index in [-0.39, 0.29) is 16.6 Å². The Morgan fingerprint density at radius 2 is 2.35 bits per heavy atom. The van der Waals surface area contributed by atoms with Gasteiger partial charge in [0.25, 0.3) is 0 Å². The van der Waals surface area contributed by atoms with Gasteiger partial charge in [0.2, 0.25) is 0 Å². The van der Waals surface area contributed by atoms with Crippen LogP contribution in [0, 0.1) is 5.82 Å². The van der Waals surface area contributed by atoms with E-state index in [1.165, 1.54) is 18.3 Å². The van der Waals surface area contributed by atoms with Crippen molar-refractivity contribution in [2.24, 2.45) is 4.99 Å². The molecule has 6 nitrogen and oxygen atoms in total. The zero-order valence-electron chi connectivity index (χ0n) is 8.26. The highest BCUT2D eigenvalue weighted by molar-refractivity contribution is 6.31. The van der Waals surface area contributed by atoms with E-state index < -0.39 is 5.82 Å². The smallest absolute Gasteiger partial charge is 0.181 e. The summed E-state index contributed by atoms with van der Waals surface area (Å²) in [6.45, 7) is 0. The van der Waals surface area contributed by atoms with Gasteiger partial charge < -0.3 is 0 Å². The molecule has 2 rings (SSSR count). The second-order valence-corrected chi connectivity index (χ2v) is 3.37. The Bertz CT molecular complexity index is 544. The molecule has 0 amide bonds. The van der Waals surface area contributed by atoms with Crippen molar-refractivity contribution in [3.05, 3.63) is 40.9 Å². The largest absolute Gasteiger partial charge is 0.290 e. The number of benzene rings is 1. The van der Waals surface area contributed by atoms with Gasteiger partial charge in [-0.2, -0.15) is 0 Å². The van der Waals surface area contributed by atoms with E-state index in [9.17, 15) is 4.39 Å². The Balaban J connectivity index is 2.36. The monoisotopic (exact) mass is 256 g/mol. The first-order valence-electron chi connectivity index (χ1n) is 4.42. The lowest BCUT2D eigenvalue weighted by Crippen LogP contribution is -2.20. The number of hydrogen-bond acceptors (Lipinski definition) is 5. The summed E-state index contributed by atoms with van der Waals surface area (Å²) in [5.41, 5.74) is 2.38. The fourth-order valence-corrected chi connectivity index (χ4v) is 1.27. The van der Waals surface area contributed by atoms with Crippen LogP contribution in [-0.4, -0.2) is 21.4 Å².